The van der Waals surface area contributed by atoms with Crippen LogP contribution >= 0.6 is 0 Å². The molecule has 1 atom stereocenters. The highest BCUT2D eigenvalue weighted by molar-refractivity contribution is 5.76. The number of amides is 1. The van der Waals surface area contributed by atoms with Crippen molar-refractivity contribution in [2.24, 2.45) is 0 Å². The summed E-state index contributed by atoms with van der Waals surface area (Å²) in [4.78, 5) is 13.4. The highest BCUT2D eigenvalue weighted by Crippen LogP contribution is 2.21. The van der Waals surface area contributed by atoms with E-state index >= 15 is 0 Å². The molecule has 1 aromatic carbocycles. The third-order valence-corrected chi connectivity index (χ3v) is 3.00. The number of anilines is 1. The third-order valence-electron chi connectivity index (χ3n) is 3.00. The van der Waals surface area contributed by atoms with Crippen molar-refractivity contribution in [3.8, 4) is 0 Å². The van der Waals surface area contributed by atoms with Gasteiger partial charge in [0.1, 0.15) is 0 Å². The monoisotopic (exact) mass is 264 g/mol. The summed E-state index contributed by atoms with van der Waals surface area (Å²) in [7, 11) is 2.00. The molecule has 0 spiro atoms. The van der Waals surface area contributed by atoms with Gasteiger partial charge in [0.15, 0.2) is 0 Å². The normalized spacial score (nSPS) is 11.1. The van der Waals surface area contributed by atoms with E-state index in [9.17, 15) is 4.79 Å². The minimum Gasteiger partial charge on any atom is -0.354 e. The van der Waals surface area contributed by atoms with Crippen LogP contribution in [0.1, 0.15) is 45.2 Å². The van der Waals surface area contributed by atoms with Gasteiger partial charge in [0, 0.05) is 19.2 Å². The van der Waals surface area contributed by atoms with Gasteiger partial charge in [-0.05, 0) is 32.4 Å². The highest BCUT2D eigenvalue weighted by Gasteiger charge is 2.13. The van der Waals surface area contributed by atoms with E-state index < -0.39 is 0 Å². The van der Waals surface area contributed by atoms with Crippen LogP contribution in [0.3, 0.4) is 0 Å². The van der Waals surface area contributed by atoms with Crippen molar-refractivity contribution in [1.82, 2.24) is 5.32 Å². The van der Waals surface area contributed by atoms with E-state index in [-0.39, 0.29) is 12.1 Å². The molecule has 0 aliphatic carbocycles. The Hall–Kier alpha value is -1.51. The van der Waals surface area contributed by atoms with Crippen LogP contribution in [0.5, 0.6) is 0 Å². The first-order valence-corrected chi connectivity index (χ1v) is 7.05. The number of hydrogen-bond acceptors (Lipinski definition) is 2. The Morgan fingerprint density at radius 3 is 2.37 bits per heavy atom. The van der Waals surface area contributed by atoms with Crippen LogP contribution in [0, 0.1) is 13.8 Å². The number of hydrogen-bond donors (Lipinski definition) is 1. The van der Waals surface area contributed by atoms with Crippen molar-refractivity contribution < 1.29 is 4.79 Å². The lowest BCUT2D eigenvalue weighted by Crippen LogP contribution is -2.44. The molecular weight excluding hydrogens is 236 g/mol. The van der Waals surface area contributed by atoms with Crippen molar-refractivity contribution in [3.63, 3.8) is 0 Å². The first-order chi connectivity index (χ1) is 8.95. The molecule has 1 rings (SSSR count). The summed E-state index contributed by atoms with van der Waals surface area (Å²) in [5.41, 5.74) is 3.63. The maximum absolute atomic E-state index is 11.4. The summed E-state index contributed by atoms with van der Waals surface area (Å²) in [6.45, 7) is 12.0. The number of benzene rings is 1. The highest BCUT2D eigenvalue weighted by atomic mass is 16.1. The van der Waals surface area contributed by atoms with Gasteiger partial charge < -0.3 is 10.2 Å². The standard InChI is InChI=1S/C14H22N2O.C2H6/c1-6-14(17)15-12(4)16(5)13-8-7-10(2)9-11(13)3;1-2/h7-9,12H,6H2,1-5H3,(H,15,17);1-2H3. The number of nitrogens with one attached hydrogen (secondary N) is 1. The van der Waals surface area contributed by atoms with E-state index in [4.69, 9.17) is 0 Å². The summed E-state index contributed by atoms with van der Waals surface area (Å²) in [5.74, 6) is 0.0779. The molecule has 1 amide bonds. The quantitative estimate of drug-likeness (QED) is 0.842. The summed E-state index contributed by atoms with van der Waals surface area (Å²) in [5, 5.41) is 2.96. The van der Waals surface area contributed by atoms with E-state index in [1.807, 2.05) is 34.7 Å². The fourth-order valence-corrected chi connectivity index (χ4v) is 1.84. The molecule has 0 bridgehead atoms. The second-order valence-electron chi connectivity index (χ2n) is 4.50. The number of aryl methyl sites for hydroxylation is 2. The van der Waals surface area contributed by atoms with Crippen LogP contribution in [0.25, 0.3) is 0 Å². The number of nitrogens with zero attached hydrogens (tertiary/aromatic N) is 1. The Labute approximate surface area is 118 Å². The molecule has 1 unspecified atom stereocenters. The molecule has 3 nitrogen and oxygen atoms in total. The zero-order chi connectivity index (χ0) is 15.0. The minimum atomic E-state index is 0.00357. The van der Waals surface area contributed by atoms with Gasteiger partial charge in [-0.3, -0.25) is 4.79 Å². The Kier molecular flexibility index (Phi) is 7.89. The fourth-order valence-electron chi connectivity index (χ4n) is 1.84. The van der Waals surface area contributed by atoms with E-state index in [0.717, 1.165) is 5.69 Å². The van der Waals surface area contributed by atoms with Crippen LogP contribution in [-0.4, -0.2) is 19.1 Å². The lowest BCUT2D eigenvalue weighted by molar-refractivity contribution is -0.121. The molecule has 108 valence electrons. The second-order valence-corrected chi connectivity index (χ2v) is 4.50. The molecule has 19 heavy (non-hydrogen) atoms. The Balaban J connectivity index is 0.00000154. The molecule has 0 aromatic heterocycles. The number of carbonyl (C=O) groups is 1. The van der Waals surface area contributed by atoms with Gasteiger partial charge in [0.05, 0.1) is 6.17 Å². The molecule has 3 heteroatoms. The lowest BCUT2D eigenvalue weighted by Gasteiger charge is -2.29. The van der Waals surface area contributed by atoms with Crippen molar-refractivity contribution in [1.29, 1.82) is 0 Å². The predicted molar refractivity (Wildman–Crippen MR) is 83.6 cm³/mol. The average Bonchev–Trinajstić information content (AvgIpc) is 2.40. The topological polar surface area (TPSA) is 32.3 Å². The molecular formula is C16H28N2O. The van der Waals surface area contributed by atoms with Crippen molar-refractivity contribution in [2.75, 3.05) is 11.9 Å². The molecule has 1 aromatic rings. The summed E-state index contributed by atoms with van der Waals surface area (Å²) < 4.78 is 0. The SMILES string of the molecule is CC.CCC(=O)NC(C)N(C)c1ccc(C)cc1C. The second kappa shape index (κ2) is 8.57. The van der Waals surface area contributed by atoms with Crippen LogP contribution < -0.4 is 10.2 Å². The Morgan fingerprint density at radius 2 is 1.89 bits per heavy atom. The van der Waals surface area contributed by atoms with Crippen LogP contribution in [-0.2, 0) is 4.79 Å². The van der Waals surface area contributed by atoms with E-state index in [1.165, 1.54) is 11.1 Å². The molecule has 0 aliphatic rings. The van der Waals surface area contributed by atoms with Gasteiger partial charge in [-0.15, -0.1) is 0 Å². The third kappa shape index (κ3) is 5.33. The largest absolute Gasteiger partial charge is 0.354 e. The number of carbonyl (C=O) groups excluding carboxylic acids is 1. The zero-order valence-corrected chi connectivity index (χ0v) is 13.4. The van der Waals surface area contributed by atoms with Gasteiger partial charge in [-0.25, -0.2) is 0 Å². The molecule has 0 radical (unpaired) electrons. The average molecular weight is 264 g/mol. The van der Waals surface area contributed by atoms with Crippen LogP contribution in [0.4, 0.5) is 5.69 Å². The molecule has 0 saturated heterocycles. The molecule has 0 aliphatic heterocycles. The van der Waals surface area contributed by atoms with Crippen molar-refractivity contribution >= 4 is 11.6 Å². The van der Waals surface area contributed by atoms with Gasteiger partial charge >= 0.3 is 0 Å². The van der Waals surface area contributed by atoms with Crippen molar-refractivity contribution in [3.05, 3.63) is 29.3 Å². The lowest BCUT2D eigenvalue weighted by atomic mass is 10.1. The zero-order valence-electron chi connectivity index (χ0n) is 13.4. The Bertz CT molecular complexity index is 402. The van der Waals surface area contributed by atoms with E-state index in [1.54, 1.807) is 0 Å². The molecule has 0 saturated carbocycles. The summed E-state index contributed by atoms with van der Waals surface area (Å²) in [6.07, 6.45) is 0.522. The van der Waals surface area contributed by atoms with Crippen LogP contribution in [0.2, 0.25) is 0 Å². The number of rotatable bonds is 4. The maximum Gasteiger partial charge on any atom is 0.221 e. The van der Waals surface area contributed by atoms with E-state index in [2.05, 4.69) is 42.3 Å². The molecule has 0 heterocycles. The predicted octanol–water partition coefficient (Wildman–Crippen LogP) is 3.64. The maximum atomic E-state index is 11.4. The summed E-state index contributed by atoms with van der Waals surface area (Å²) >= 11 is 0. The molecule has 1 N–H and O–H groups in total. The van der Waals surface area contributed by atoms with E-state index in [0.29, 0.717) is 6.42 Å². The van der Waals surface area contributed by atoms with Gasteiger partial charge in [-0.1, -0.05) is 38.5 Å². The first-order valence-electron chi connectivity index (χ1n) is 7.05. The van der Waals surface area contributed by atoms with Gasteiger partial charge in [-0.2, -0.15) is 0 Å². The van der Waals surface area contributed by atoms with Gasteiger partial charge in [0.2, 0.25) is 5.91 Å². The van der Waals surface area contributed by atoms with Crippen LogP contribution in [0.15, 0.2) is 18.2 Å². The first kappa shape index (κ1) is 17.5. The fraction of sp³-hybridized carbons (Fsp3) is 0.562. The van der Waals surface area contributed by atoms with Crippen molar-refractivity contribution in [2.45, 2.75) is 54.1 Å². The smallest absolute Gasteiger partial charge is 0.221 e. The minimum absolute atomic E-state index is 0.00357. The summed E-state index contributed by atoms with van der Waals surface area (Å²) in [6, 6.07) is 6.34. The Morgan fingerprint density at radius 1 is 1.32 bits per heavy atom. The van der Waals surface area contributed by atoms with Gasteiger partial charge in [0.25, 0.3) is 0 Å². The molecule has 0 fully saturated rings.